The predicted octanol–water partition coefficient (Wildman–Crippen LogP) is 2.61. The van der Waals surface area contributed by atoms with Crippen molar-refractivity contribution >= 4 is 11.9 Å². The molecule has 0 aromatic heterocycles. The minimum Gasteiger partial charge on any atom is -0.466 e. The van der Waals surface area contributed by atoms with Crippen molar-refractivity contribution in [2.75, 3.05) is 19.7 Å². The number of nitrogens with zero attached hydrogens (tertiary/aromatic N) is 1. The molecule has 0 radical (unpaired) electrons. The third-order valence-electron chi connectivity index (χ3n) is 2.68. The van der Waals surface area contributed by atoms with Gasteiger partial charge in [-0.25, -0.2) is 0 Å². The Morgan fingerprint density at radius 2 is 1.78 bits per heavy atom. The molecule has 0 saturated heterocycles. The molecule has 0 fully saturated rings. The molecule has 0 unspecified atom stereocenters. The first-order valence-electron chi connectivity index (χ1n) is 6.94. The first-order chi connectivity index (χ1) is 8.51. The van der Waals surface area contributed by atoms with Crippen LogP contribution < -0.4 is 0 Å². The summed E-state index contributed by atoms with van der Waals surface area (Å²) < 4.78 is 4.88. The van der Waals surface area contributed by atoms with Gasteiger partial charge in [0.15, 0.2) is 0 Å². The number of esters is 1. The second kappa shape index (κ2) is 9.92. The van der Waals surface area contributed by atoms with Gasteiger partial charge in [-0.15, -0.1) is 0 Å². The molecule has 0 aromatic rings. The highest BCUT2D eigenvalue weighted by Gasteiger charge is 2.14. The lowest BCUT2D eigenvalue weighted by molar-refractivity contribution is -0.144. The standard InChI is InChI=1S/C14H27NO3/c1-5-7-13(16)15(10-8-12(3)4)11-9-14(17)18-6-2/h12H,5-11H2,1-4H3. The molecule has 0 atom stereocenters. The van der Waals surface area contributed by atoms with Gasteiger partial charge in [0, 0.05) is 19.5 Å². The Kier molecular flexibility index (Phi) is 9.33. The molecule has 0 bridgehead atoms. The number of carbonyl (C=O) groups is 2. The quantitative estimate of drug-likeness (QED) is 0.596. The summed E-state index contributed by atoms with van der Waals surface area (Å²) >= 11 is 0. The van der Waals surface area contributed by atoms with Crippen molar-refractivity contribution in [1.82, 2.24) is 4.90 Å². The highest BCUT2D eigenvalue weighted by Crippen LogP contribution is 2.06. The molecule has 106 valence electrons. The molecule has 0 aromatic carbocycles. The van der Waals surface area contributed by atoms with E-state index in [1.54, 1.807) is 11.8 Å². The van der Waals surface area contributed by atoms with Gasteiger partial charge in [0.05, 0.1) is 13.0 Å². The zero-order chi connectivity index (χ0) is 14.0. The van der Waals surface area contributed by atoms with Crippen LogP contribution >= 0.6 is 0 Å². The maximum Gasteiger partial charge on any atom is 0.307 e. The zero-order valence-corrected chi connectivity index (χ0v) is 12.2. The molecule has 0 heterocycles. The summed E-state index contributed by atoms with van der Waals surface area (Å²) in [6.07, 6.45) is 2.66. The number of hydrogen-bond donors (Lipinski definition) is 0. The van der Waals surface area contributed by atoms with E-state index in [9.17, 15) is 9.59 Å². The van der Waals surface area contributed by atoms with Gasteiger partial charge in [0.1, 0.15) is 0 Å². The molecular formula is C14H27NO3. The highest BCUT2D eigenvalue weighted by atomic mass is 16.5. The summed E-state index contributed by atoms with van der Waals surface area (Å²) in [6.45, 7) is 9.65. The maximum atomic E-state index is 11.9. The molecular weight excluding hydrogens is 230 g/mol. The van der Waals surface area contributed by atoms with Gasteiger partial charge in [-0.05, 0) is 25.7 Å². The van der Waals surface area contributed by atoms with Crippen LogP contribution in [0.25, 0.3) is 0 Å². The summed E-state index contributed by atoms with van der Waals surface area (Å²) in [5.74, 6) is 0.475. The summed E-state index contributed by atoms with van der Waals surface area (Å²) in [6, 6.07) is 0. The van der Waals surface area contributed by atoms with Crippen LogP contribution in [0.5, 0.6) is 0 Å². The topological polar surface area (TPSA) is 46.6 Å². The maximum absolute atomic E-state index is 11.9. The minimum atomic E-state index is -0.226. The van der Waals surface area contributed by atoms with Gasteiger partial charge < -0.3 is 9.64 Å². The Bertz CT molecular complexity index is 251. The van der Waals surface area contributed by atoms with Crippen molar-refractivity contribution in [3.8, 4) is 0 Å². The Labute approximate surface area is 111 Å². The van der Waals surface area contributed by atoms with Gasteiger partial charge in [0.25, 0.3) is 0 Å². The molecule has 0 saturated carbocycles. The van der Waals surface area contributed by atoms with Gasteiger partial charge in [-0.2, -0.15) is 0 Å². The molecule has 1 amide bonds. The Morgan fingerprint density at radius 1 is 1.11 bits per heavy atom. The first kappa shape index (κ1) is 16.9. The summed E-state index contributed by atoms with van der Waals surface area (Å²) in [7, 11) is 0. The lowest BCUT2D eigenvalue weighted by Gasteiger charge is -2.23. The van der Waals surface area contributed by atoms with Crippen LogP contribution in [-0.4, -0.2) is 36.5 Å². The van der Waals surface area contributed by atoms with E-state index in [-0.39, 0.29) is 11.9 Å². The van der Waals surface area contributed by atoms with Crippen molar-refractivity contribution in [2.45, 2.75) is 53.4 Å². The van der Waals surface area contributed by atoms with Crippen LogP contribution in [0, 0.1) is 5.92 Å². The van der Waals surface area contributed by atoms with Crippen molar-refractivity contribution < 1.29 is 14.3 Å². The van der Waals surface area contributed by atoms with Crippen LogP contribution in [0.1, 0.15) is 53.4 Å². The summed E-state index contributed by atoms with van der Waals surface area (Å²) in [5, 5.41) is 0. The molecule has 0 aliphatic heterocycles. The lowest BCUT2D eigenvalue weighted by Crippen LogP contribution is -2.34. The van der Waals surface area contributed by atoms with Gasteiger partial charge in [-0.1, -0.05) is 20.8 Å². The van der Waals surface area contributed by atoms with E-state index in [0.29, 0.717) is 31.9 Å². The third kappa shape index (κ3) is 8.09. The number of carbonyl (C=O) groups excluding carboxylic acids is 2. The Hall–Kier alpha value is -1.06. The molecule has 4 heteroatoms. The fourth-order valence-corrected chi connectivity index (χ4v) is 1.61. The van der Waals surface area contributed by atoms with Crippen LogP contribution in [0.15, 0.2) is 0 Å². The average molecular weight is 257 g/mol. The van der Waals surface area contributed by atoms with Crippen molar-refractivity contribution in [1.29, 1.82) is 0 Å². The first-order valence-corrected chi connectivity index (χ1v) is 6.94. The largest absolute Gasteiger partial charge is 0.466 e. The van der Waals surface area contributed by atoms with E-state index >= 15 is 0 Å². The average Bonchev–Trinajstić information content (AvgIpc) is 2.29. The SMILES string of the molecule is CCCC(=O)N(CCC(=O)OCC)CCC(C)C. The van der Waals surface area contributed by atoms with E-state index in [1.165, 1.54) is 0 Å². The molecule has 18 heavy (non-hydrogen) atoms. The molecule has 0 aliphatic rings. The smallest absolute Gasteiger partial charge is 0.307 e. The Balaban J connectivity index is 4.19. The Morgan fingerprint density at radius 3 is 2.28 bits per heavy atom. The summed E-state index contributed by atoms with van der Waals surface area (Å²) in [5.41, 5.74) is 0. The number of amides is 1. The van der Waals surface area contributed by atoms with Gasteiger partial charge in [-0.3, -0.25) is 9.59 Å². The highest BCUT2D eigenvalue weighted by molar-refractivity contribution is 5.77. The second-order valence-electron chi connectivity index (χ2n) is 4.87. The third-order valence-corrected chi connectivity index (χ3v) is 2.68. The van der Waals surface area contributed by atoms with E-state index in [1.807, 2.05) is 6.92 Å². The number of rotatable bonds is 9. The zero-order valence-electron chi connectivity index (χ0n) is 12.2. The minimum absolute atomic E-state index is 0.141. The van der Waals surface area contributed by atoms with E-state index in [0.717, 1.165) is 19.4 Å². The lowest BCUT2D eigenvalue weighted by atomic mass is 10.1. The van der Waals surface area contributed by atoms with Crippen molar-refractivity contribution in [3.05, 3.63) is 0 Å². The molecule has 0 aliphatic carbocycles. The van der Waals surface area contributed by atoms with Crippen LogP contribution in [0.4, 0.5) is 0 Å². The van der Waals surface area contributed by atoms with Crippen LogP contribution in [-0.2, 0) is 14.3 Å². The number of hydrogen-bond acceptors (Lipinski definition) is 3. The molecule has 0 rings (SSSR count). The molecule has 4 nitrogen and oxygen atoms in total. The normalized spacial score (nSPS) is 10.5. The molecule has 0 spiro atoms. The van der Waals surface area contributed by atoms with E-state index in [2.05, 4.69) is 13.8 Å². The van der Waals surface area contributed by atoms with Gasteiger partial charge >= 0.3 is 5.97 Å². The fourth-order valence-electron chi connectivity index (χ4n) is 1.61. The van der Waals surface area contributed by atoms with Crippen LogP contribution in [0.3, 0.4) is 0 Å². The monoisotopic (exact) mass is 257 g/mol. The molecule has 0 N–H and O–H groups in total. The van der Waals surface area contributed by atoms with Gasteiger partial charge in [0.2, 0.25) is 5.91 Å². The van der Waals surface area contributed by atoms with E-state index < -0.39 is 0 Å². The van der Waals surface area contributed by atoms with Crippen molar-refractivity contribution in [2.24, 2.45) is 5.92 Å². The van der Waals surface area contributed by atoms with E-state index in [4.69, 9.17) is 4.74 Å². The van der Waals surface area contributed by atoms with Crippen LogP contribution in [0.2, 0.25) is 0 Å². The second-order valence-corrected chi connectivity index (χ2v) is 4.87. The fraction of sp³-hybridized carbons (Fsp3) is 0.857. The van der Waals surface area contributed by atoms with Crippen molar-refractivity contribution in [3.63, 3.8) is 0 Å². The summed E-state index contributed by atoms with van der Waals surface area (Å²) in [4.78, 5) is 25.0. The predicted molar refractivity (Wildman–Crippen MR) is 72.2 cm³/mol. The number of ether oxygens (including phenoxy) is 1.